The van der Waals surface area contributed by atoms with Crippen molar-refractivity contribution in [3.63, 3.8) is 0 Å². The number of hydrazone groups is 1. The van der Waals surface area contributed by atoms with Gasteiger partial charge in [-0.1, -0.05) is 25.1 Å². The lowest BCUT2D eigenvalue weighted by Gasteiger charge is -2.47. The average molecular weight is 240 g/mol. The molecule has 0 aromatic carbocycles. The molecular weight excluding hydrogens is 224 g/mol. The van der Waals surface area contributed by atoms with Crippen LogP contribution in [0.15, 0.2) is 5.10 Å². The number of nitrogens with one attached hydrogen (secondary N) is 2. The van der Waals surface area contributed by atoms with E-state index in [9.17, 15) is 4.79 Å². The molecule has 2 heterocycles. The first-order chi connectivity index (χ1) is 7.71. The molecule has 2 N–H and O–H groups in total. The minimum atomic E-state index is -0.206. The van der Waals surface area contributed by atoms with Crippen LogP contribution in [0.5, 0.6) is 0 Å². The molecule has 88 valence electrons. The van der Waals surface area contributed by atoms with Gasteiger partial charge < -0.3 is 0 Å². The number of amidine groups is 1. The summed E-state index contributed by atoms with van der Waals surface area (Å²) in [5.74, 6) is 1.10. The van der Waals surface area contributed by atoms with Crippen LogP contribution >= 0.6 is 11.8 Å². The minimum Gasteiger partial charge on any atom is -0.285 e. The number of nitrogens with zero attached hydrogens (tertiary/aromatic N) is 2. The van der Waals surface area contributed by atoms with Crippen LogP contribution in [-0.2, 0) is 4.79 Å². The van der Waals surface area contributed by atoms with Crippen LogP contribution in [0.2, 0.25) is 0 Å². The predicted octanol–water partition coefficient (Wildman–Crippen LogP) is 0.847. The van der Waals surface area contributed by atoms with Gasteiger partial charge in [-0.2, -0.15) is 10.5 Å². The van der Waals surface area contributed by atoms with E-state index in [2.05, 4.69) is 22.9 Å². The number of hydrogen-bond donors (Lipinski definition) is 2. The number of hydrazine groups is 1. The normalized spacial score (nSPS) is 38.3. The highest BCUT2D eigenvalue weighted by Gasteiger charge is 2.45. The number of rotatable bonds is 0. The smallest absolute Gasteiger partial charge is 0.253 e. The SMILES string of the molecule is CC1CCCCC12NN=C1SCC(=O)N1N2. The van der Waals surface area contributed by atoms with Crippen molar-refractivity contribution in [1.29, 1.82) is 0 Å². The molecule has 1 amide bonds. The average Bonchev–Trinajstić information content (AvgIpc) is 2.65. The highest BCUT2D eigenvalue weighted by molar-refractivity contribution is 8.15. The maximum atomic E-state index is 11.7. The first-order valence-electron chi connectivity index (χ1n) is 5.80. The van der Waals surface area contributed by atoms with Crippen LogP contribution < -0.4 is 10.9 Å². The van der Waals surface area contributed by atoms with Gasteiger partial charge in [0.05, 0.1) is 5.75 Å². The topological polar surface area (TPSA) is 56.7 Å². The van der Waals surface area contributed by atoms with E-state index in [1.54, 1.807) is 5.01 Å². The number of amides is 1. The molecule has 6 heteroatoms. The number of carbonyl (C=O) groups excluding carboxylic acids is 1. The molecule has 3 aliphatic rings. The molecule has 0 aromatic heterocycles. The van der Waals surface area contributed by atoms with Crippen molar-refractivity contribution in [2.45, 2.75) is 38.3 Å². The van der Waals surface area contributed by atoms with Crippen molar-refractivity contribution in [2.24, 2.45) is 11.0 Å². The van der Waals surface area contributed by atoms with E-state index in [-0.39, 0.29) is 11.6 Å². The van der Waals surface area contributed by atoms with E-state index in [1.807, 2.05) is 0 Å². The van der Waals surface area contributed by atoms with Crippen LogP contribution in [0.1, 0.15) is 32.6 Å². The maximum absolute atomic E-state index is 11.7. The van der Waals surface area contributed by atoms with Crippen LogP contribution in [0, 0.1) is 5.92 Å². The summed E-state index contributed by atoms with van der Waals surface area (Å²) in [6.07, 6.45) is 4.66. The second-order valence-electron chi connectivity index (χ2n) is 4.75. The second-order valence-corrected chi connectivity index (χ2v) is 5.70. The fourth-order valence-electron chi connectivity index (χ4n) is 2.61. The predicted molar refractivity (Wildman–Crippen MR) is 63.4 cm³/mol. The summed E-state index contributed by atoms with van der Waals surface area (Å²) >= 11 is 1.48. The lowest BCUT2D eigenvalue weighted by Crippen LogP contribution is -2.69. The summed E-state index contributed by atoms with van der Waals surface area (Å²) in [6.45, 7) is 2.22. The maximum Gasteiger partial charge on any atom is 0.253 e. The number of thioether (sulfide) groups is 1. The third-order valence-electron chi connectivity index (χ3n) is 3.73. The van der Waals surface area contributed by atoms with Crippen molar-refractivity contribution >= 4 is 22.8 Å². The zero-order chi connectivity index (χ0) is 11.2. The van der Waals surface area contributed by atoms with Crippen LogP contribution in [0.25, 0.3) is 0 Å². The molecule has 1 saturated carbocycles. The third-order valence-corrected chi connectivity index (χ3v) is 4.65. The third kappa shape index (κ3) is 1.43. The van der Waals surface area contributed by atoms with Crippen LogP contribution in [0.4, 0.5) is 0 Å². The second kappa shape index (κ2) is 3.63. The molecule has 2 unspecified atom stereocenters. The lowest BCUT2D eigenvalue weighted by molar-refractivity contribution is -0.130. The Labute approximate surface area is 99.0 Å². The van der Waals surface area contributed by atoms with Gasteiger partial charge >= 0.3 is 0 Å². The first-order valence-corrected chi connectivity index (χ1v) is 6.78. The Balaban J connectivity index is 1.87. The zero-order valence-electron chi connectivity index (χ0n) is 9.32. The van der Waals surface area contributed by atoms with E-state index in [4.69, 9.17) is 0 Å². The zero-order valence-corrected chi connectivity index (χ0v) is 10.1. The van der Waals surface area contributed by atoms with E-state index in [1.165, 1.54) is 31.0 Å². The number of carbonyl (C=O) groups is 1. The summed E-state index contributed by atoms with van der Waals surface area (Å²) in [5, 5.41) is 6.73. The molecular formula is C10H16N4OS. The van der Waals surface area contributed by atoms with Crippen molar-refractivity contribution < 1.29 is 4.79 Å². The van der Waals surface area contributed by atoms with Gasteiger partial charge in [0.2, 0.25) is 5.17 Å². The molecule has 2 atom stereocenters. The molecule has 0 aromatic rings. The van der Waals surface area contributed by atoms with Gasteiger partial charge in [0.15, 0.2) is 0 Å². The van der Waals surface area contributed by atoms with Crippen LogP contribution in [0.3, 0.4) is 0 Å². The standard InChI is InChI=1S/C10H16N4OS/c1-7-4-2-3-5-10(7)12-11-9-14(13-10)8(15)6-16-9/h7,12-13H,2-6H2,1H3. The fourth-order valence-corrected chi connectivity index (χ4v) is 3.37. The van der Waals surface area contributed by atoms with Gasteiger partial charge in [-0.05, 0) is 25.2 Å². The van der Waals surface area contributed by atoms with Gasteiger partial charge in [-0.25, -0.2) is 5.01 Å². The van der Waals surface area contributed by atoms with Crippen molar-refractivity contribution in [3.05, 3.63) is 0 Å². The summed E-state index contributed by atoms with van der Waals surface area (Å²) < 4.78 is 0. The summed E-state index contributed by atoms with van der Waals surface area (Å²) in [4.78, 5) is 11.7. The van der Waals surface area contributed by atoms with Crippen molar-refractivity contribution in [3.8, 4) is 0 Å². The first kappa shape index (κ1) is 10.4. The monoisotopic (exact) mass is 240 g/mol. The summed E-state index contributed by atoms with van der Waals surface area (Å²) in [6, 6.07) is 0. The summed E-state index contributed by atoms with van der Waals surface area (Å²) in [7, 11) is 0. The highest BCUT2D eigenvalue weighted by Crippen LogP contribution is 2.35. The molecule has 2 aliphatic heterocycles. The molecule has 16 heavy (non-hydrogen) atoms. The lowest BCUT2D eigenvalue weighted by atomic mass is 9.80. The van der Waals surface area contributed by atoms with E-state index < -0.39 is 0 Å². The Hall–Kier alpha value is -0.750. The molecule has 1 saturated heterocycles. The molecule has 3 rings (SSSR count). The van der Waals surface area contributed by atoms with Gasteiger partial charge in [0, 0.05) is 0 Å². The molecule has 0 radical (unpaired) electrons. The Morgan fingerprint density at radius 1 is 1.56 bits per heavy atom. The van der Waals surface area contributed by atoms with Crippen molar-refractivity contribution in [2.75, 3.05) is 5.75 Å². The van der Waals surface area contributed by atoms with Gasteiger partial charge in [0.1, 0.15) is 5.66 Å². The largest absolute Gasteiger partial charge is 0.285 e. The molecule has 0 bridgehead atoms. The van der Waals surface area contributed by atoms with Gasteiger partial charge in [-0.3, -0.25) is 10.2 Å². The van der Waals surface area contributed by atoms with Crippen LogP contribution in [-0.4, -0.2) is 27.5 Å². The van der Waals surface area contributed by atoms with Gasteiger partial charge in [-0.15, -0.1) is 0 Å². The Morgan fingerprint density at radius 2 is 2.44 bits per heavy atom. The highest BCUT2D eigenvalue weighted by atomic mass is 32.2. The molecule has 1 spiro atoms. The fraction of sp³-hybridized carbons (Fsp3) is 0.800. The Bertz CT molecular complexity index is 359. The summed E-state index contributed by atoms with van der Waals surface area (Å²) in [5.41, 5.74) is 6.38. The number of hydrogen-bond acceptors (Lipinski definition) is 5. The Morgan fingerprint density at radius 3 is 3.25 bits per heavy atom. The number of fused-ring (bicyclic) bond motifs is 1. The molecule has 2 fully saturated rings. The Kier molecular flexibility index (Phi) is 2.36. The van der Waals surface area contributed by atoms with E-state index in [0.29, 0.717) is 11.7 Å². The van der Waals surface area contributed by atoms with E-state index >= 15 is 0 Å². The molecule has 1 aliphatic carbocycles. The van der Waals surface area contributed by atoms with Gasteiger partial charge in [0.25, 0.3) is 5.91 Å². The van der Waals surface area contributed by atoms with E-state index in [0.717, 1.165) is 11.6 Å². The van der Waals surface area contributed by atoms with Crippen molar-refractivity contribution in [1.82, 2.24) is 15.9 Å². The minimum absolute atomic E-state index is 0.113. The molecule has 5 nitrogen and oxygen atoms in total. The quantitative estimate of drug-likeness (QED) is 0.659.